The number of amides is 1. The fraction of sp³-hybridized carbons (Fsp3) is 0.429. The molecule has 0 unspecified atom stereocenters. The molecule has 0 bridgehead atoms. The number of hydrogen-bond donors (Lipinski definition) is 2. The summed E-state index contributed by atoms with van der Waals surface area (Å²) in [7, 11) is 3.37. The lowest BCUT2D eigenvalue weighted by Crippen LogP contribution is -2.36. The maximum atomic E-state index is 13.2. The minimum Gasteiger partial charge on any atom is -0.389 e. The molecule has 0 aromatic heterocycles. The minimum absolute atomic E-state index is 0.103. The van der Waals surface area contributed by atoms with Gasteiger partial charge in [0.05, 0.1) is 13.2 Å². The van der Waals surface area contributed by atoms with Gasteiger partial charge in [0, 0.05) is 25.8 Å². The van der Waals surface area contributed by atoms with Crippen molar-refractivity contribution in [2.45, 2.75) is 6.54 Å². The number of halogens is 1. The van der Waals surface area contributed by atoms with Crippen LogP contribution in [0.4, 0.5) is 4.39 Å². The van der Waals surface area contributed by atoms with E-state index < -0.39 is 0 Å². The van der Waals surface area contributed by atoms with Crippen LogP contribution in [0.3, 0.4) is 0 Å². The second kappa shape index (κ2) is 8.66. The third kappa shape index (κ3) is 6.16. The minimum atomic E-state index is -0.387. The monoisotopic (exact) mass is 313 g/mol. The van der Waals surface area contributed by atoms with Gasteiger partial charge in [0.1, 0.15) is 10.8 Å². The molecule has 0 heterocycles. The summed E-state index contributed by atoms with van der Waals surface area (Å²) in [4.78, 5) is 13.6. The summed E-state index contributed by atoms with van der Waals surface area (Å²) < 4.78 is 18.1. The molecule has 7 heteroatoms. The van der Waals surface area contributed by atoms with Crippen LogP contribution in [0.25, 0.3) is 0 Å². The molecule has 0 aliphatic heterocycles. The zero-order valence-electron chi connectivity index (χ0n) is 12.2. The average Bonchev–Trinajstić information content (AvgIpc) is 2.40. The number of likely N-dealkylation sites (N-methyl/N-ethyl adjacent to an activating group) is 1. The molecule has 0 aliphatic carbocycles. The van der Waals surface area contributed by atoms with Crippen molar-refractivity contribution in [2.75, 3.05) is 33.9 Å². The molecule has 5 nitrogen and oxygen atoms in total. The molecule has 21 heavy (non-hydrogen) atoms. The quantitative estimate of drug-likeness (QED) is 0.545. The highest BCUT2D eigenvalue weighted by Crippen LogP contribution is 2.13. The van der Waals surface area contributed by atoms with Crippen LogP contribution in [0.5, 0.6) is 0 Å². The lowest BCUT2D eigenvalue weighted by atomic mass is 10.1. The smallest absolute Gasteiger partial charge is 0.234 e. The molecular formula is C14H20FN3O2S. The van der Waals surface area contributed by atoms with Gasteiger partial charge in [-0.05, 0) is 24.7 Å². The van der Waals surface area contributed by atoms with Gasteiger partial charge >= 0.3 is 0 Å². The summed E-state index contributed by atoms with van der Waals surface area (Å²) in [5.41, 5.74) is 6.88. The first-order chi connectivity index (χ1) is 9.93. The van der Waals surface area contributed by atoms with E-state index in [0.717, 1.165) is 5.56 Å². The number of carbonyl (C=O) groups excluding carboxylic acids is 1. The fourth-order valence-corrected chi connectivity index (χ4v) is 2.05. The normalized spacial score (nSPS) is 10.7. The fourth-order valence-electron chi connectivity index (χ4n) is 1.86. The summed E-state index contributed by atoms with van der Waals surface area (Å²) in [6.45, 7) is 1.61. The van der Waals surface area contributed by atoms with Crippen LogP contribution in [0.2, 0.25) is 0 Å². The Morgan fingerprint density at radius 2 is 2.24 bits per heavy atom. The Hall–Kier alpha value is -1.57. The Labute approximate surface area is 129 Å². The summed E-state index contributed by atoms with van der Waals surface area (Å²) in [6.07, 6.45) is 0. The van der Waals surface area contributed by atoms with Crippen molar-refractivity contribution in [3.05, 3.63) is 35.1 Å². The van der Waals surface area contributed by atoms with E-state index in [9.17, 15) is 9.18 Å². The molecule has 1 rings (SSSR count). The first kappa shape index (κ1) is 17.5. The van der Waals surface area contributed by atoms with Crippen LogP contribution in [0, 0.1) is 5.82 Å². The lowest BCUT2D eigenvalue weighted by molar-refractivity contribution is -0.122. The van der Waals surface area contributed by atoms with Crippen molar-refractivity contribution in [3.63, 3.8) is 0 Å². The van der Waals surface area contributed by atoms with E-state index in [1.807, 2.05) is 0 Å². The van der Waals surface area contributed by atoms with Gasteiger partial charge in [-0.2, -0.15) is 0 Å². The number of nitrogens with two attached hydrogens (primary N) is 1. The molecule has 0 saturated carbocycles. The number of rotatable bonds is 8. The summed E-state index contributed by atoms with van der Waals surface area (Å²) in [5, 5.41) is 2.73. The number of carbonyl (C=O) groups is 1. The van der Waals surface area contributed by atoms with E-state index in [0.29, 0.717) is 25.3 Å². The molecule has 1 aromatic carbocycles. The number of benzene rings is 1. The van der Waals surface area contributed by atoms with Gasteiger partial charge in [-0.15, -0.1) is 0 Å². The molecule has 1 amide bonds. The van der Waals surface area contributed by atoms with Gasteiger partial charge in [-0.3, -0.25) is 9.69 Å². The van der Waals surface area contributed by atoms with E-state index in [1.54, 1.807) is 25.1 Å². The summed E-state index contributed by atoms with van der Waals surface area (Å²) in [6, 6.07) is 4.29. The van der Waals surface area contributed by atoms with Gasteiger partial charge < -0.3 is 15.8 Å². The van der Waals surface area contributed by atoms with E-state index in [4.69, 9.17) is 22.7 Å². The van der Waals surface area contributed by atoms with Crippen LogP contribution in [0.1, 0.15) is 11.1 Å². The van der Waals surface area contributed by atoms with E-state index in [1.165, 1.54) is 12.1 Å². The molecule has 0 atom stereocenters. The van der Waals surface area contributed by atoms with Crippen LogP contribution in [-0.2, 0) is 16.1 Å². The number of nitrogens with zero attached hydrogens (tertiary/aromatic N) is 1. The number of thiocarbonyl (C=S) groups is 1. The van der Waals surface area contributed by atoms with Crippen LogP contribution >= 0.6 is 12.2 Å². The highest BCUT2D eigenvalue weighted by Gasteiger charge is 2.11. The van der Waals surface area contributed by atoms with Gasteiger partial charge in [0.2, 0.25) is 5.91 Å². The second-order valence-corrected chi connectivity index (χ2v) is 5.12. The third-order valence-electron chi connectivity index (χ3n) is 2.82. The maximum absolute atomic E-state index is 13.2. The number of hydrogen-bond acceptors (Lipinski definition) is 4. The molecule has 0 spiro atoms. The van der Waals surface area contributed by atoms with Gasteiger partial charge in [-0.25, -0.2) is 4.39 Å². The molecule has 0 saturated heterocycles. The Kier molecular flexibility index (Phi) is 7.21. The van der Waals surface area contributed by atoms with Gasteiger partial charge in [0.15, 0.2) is 0 Å². The largest absolute Gasteiger partial charge is 0.389 e. The Balaban J connectivity index is 2.60. The van der Waals surface area contributed by atoms with Crippen LogP contribution < -0.4 is 11.1 Å². The predicted octanol–water partition coefficient (Wildman–Crippen LogP) is 0.654. The highest BCUT2D eigenvalue weighted by atomic mass is 32.1. The van der Waals surface area contributed by atoms with Crippen molar-refractivity contribution in [3.8, 4) is 0 Å². The molecule has 116 valence electrons. The Bertz CT molecular complexity index is 511. The summed E-state index contributed by atoms with van der Waals surface area (Å²) >= 11 is 4.92. The second-order valence-electron chi connectivity index (χ2n) is 4.68. The van der Waals surface area contributed by atoms with E-state index in [-0.39, 0.29) is 23.3 Å². The van der Waals surface area contributed by atoms with Crippen molar-refractivity contribution in [1.29, 1.82) is 0 Å². The SMILES string of the molecule is COCCNC(=O)CN(C)Cc1ccc(F)cc1C(N)=S. The Morgan fingerprint density at radius 3 is 2.86 bits per heavy atom. The van der Waals surface area contributed by atoms with Crippen molar-refractivity contribution in [1.82, 2.24) is 10.2 Å². The topological polar surface area (TPSA) is 67.6 Å². The zero-order chi connectivity index (χ0) is 15.8. The first-order valence-electron chi connectivity index (χ1n) is 6.46. The standard InChI is InChI=1S/C14H20FN3O2S/c1-18(9-13(19)17-5-6-20-2)8-10-3-4-11(15)7-12(10)14(16)21/h3-4,7H,5-6,8-9H2,1-2H3,(H2,16,21)(H,17,19). The predicted molar refractivity (Wildman–Crippen MR) is 83.5 cm³/mol. The molecular weight excluding hydrogens is 293 g/mol. The molecule has 1 aromatic rings. The molecule has 0 fully saturated rings. The van der Waals surface area contributed by atoms with Crippen LogP contribution in [0.15, 0.2) is 18.2 Å². The van der Waals surface area contributed by atoms with Gasteiger partial charge in [-0.1, -0.05) is 18.3 Å². The van der Waals surface area contributed by atoms with Gasteiger partial charge in [0.25, 0.3) is 0 Å². The average molecular weight is 313 g/mol. The Morgan fingerprint density at radius 1 is 1.52 bits per heavy atom. The zero-order valence-corrected chi connectivity index (χ0v) is 13.0. The first-order valence-corrected chi connectivity index (χ1v) is 6.87. The van der Waals surface area contributed by atoms with Crippen LogP contribution in [-0.4, -0.2) is 49.6 Å². The van der Waals surface area contributed by atoms with Crippen molar-refractivity contribution < 1.29 is 13.9 Å². The summed E-state index contributed by atoms with van der Waals surface area (Å²) in [5.74, 6) is -0.491. The third-order valence-corrected chi connectivity index (χ3v) is 3.04. The maximum Gasteiger partial charge on any atom is 0.234 e. The number of nitrogens with one attached hydrogen (secondary N) is 1. The van der Waals surface area contributed by atoms with E-state index >= 15 is 0 Å². The highest BCUT2D eigenvalue weighted by molar-refractivity contribution is 7.80. The van der Waals surface area contributed by atoms with Crippen molar-refractivity contribution in [2.24, 2.45) is 5.73 Å². The number of ether oxygens (including phenoxy) is 1. The molecule has 0 radical (unpaired) electrons. The molecule has 0 aliphatic rings. The lowest BCUT2D eigenvalue weighted by Gasteiger charge is -2.18. The molecule has 3 N–H and O–H groups in total. The number of methoxy groups -OCH3 is 1. The van der Waals surface area contributed by atoms with E-state index in [2.05, 4.69) is 5.32 Å². The van der Waals surface area contributed by atoms with Crippen molar-refractivity contribution >= 4 is 23.1 Å².